The summed E-state index contributed by atoms with van der Waals surface area (Å²) in [5.74, 6) is 0.230. The van der Waals surface area contributed by atoms with Crippen LogP contribution in [0, 0.1) is 0 Å². The Labute approximate surface area is 224 Å². The minimum absolute atomic E-state index is 0.158. The van der Waals surface area contributed by atoms with E-state index in [9.17, 15) is 4.79 Å². The van der Waals surface area contributed by atoms with Crippen LogP contribution in [0.3, 0.4) is 0 Å². The molecule has 0 saturated heterocycles. The van der Waals surface area contributed by atoms with E-state index in [1.807, 2.05) is 66.7 Å². The SMILES string of the molecule is O=c1c(C=NCCC(c2ccccc2)c2ccccc2)c(-c2ccccc2)[nH]n1-c1nc2ccccc2s1. The van der Waals surface area contributed by atoms with Gasteiger partial charge in [-0.05, 0) is 29.7 Å². The number of aromatic amines is 1. The highest BCUT2D eigenvalue weighted by atomic mass is 32.1. The molecule has 2 aromatic heterocycles. The van der Waals surface area contributed by atoms with Gasteiger partial charge in [-0.3, -0.25) is 14.9 Å². The average molecular weight is 515 g/mol. The van der Waals surface area contributed by atoms with Crippen molar-refractivity contribution < 1.29 is 0 Å². The molecule has 0 aliphatic rings. The van der Waals surface area contributed by atoms with Crippen LogP contribution < -0.4 is 5.56 Å². The monoisotopic (exact) mass is 514 g/mol. The first-order chi connectivity index (χ1) is 18.8. The molecular weight excluding hydrogens is 488 g/mol. The molecule has 4 aromatic carbocycles. The lowest BCUT2D eigenvalue weighted by molar-refractivity contribution is 0.728. The van der Waals surface area contributed by atoms with Crippen LogP contribution in [0.2, 0.25) is 0 Å². The molecule has 5 nitrogen and oxygen atoms in total. The van der Waals surface area contributed by atoms with Gasteiger partial charge in [0, 0.05) is 24.2 Å². The summed E-state index contributed by atoms with van der Waals surface area (Å²) in [7, 11) is 0. The minimum atomic E-state index is -0.158. The summed E-state index contributed by atoms with van der Waals surface area (Å²) in [6, 6.07) is 38.8. The number of H-pyrrole nitrogens is 1. The Morgan fingerprint density at radius 3 is 2.08 bits per heavy atom. The van der Waals surface area contributed by atoms with Crippen molar-refractivity contribution in [2.24, 2.45) is 4.99 Å². The summed E-state index contributed by atoms with van der Waals surface area (Å²) in [6.45, 7) is 0.592. The van der Waals surface area contributed by atoms with E-state index in [1.54, 1.807) is 6.21 Å². The first-order valence-electron chi connectivity index (χ1n) is 12.6. The number of nitrogens with zero attached hydrogens (tertiary/aromatic N) is 3. The van der Waals surface area contributed by atoms with Gasteiger partial charge in [-0.2, -0.15) is 4.68 Å². The molecule has 0 radical (unpaired) electrons. The van der Waals surface area contributed by atoms with Crippen LogP contribution in [-0.4, -0.2) is 27.5 Å². The van der Waals surface area contributed by atoms with Crippen LogP contribution in [0.1, 0.15) is 29.0 Å². The van der Waals surface area contributed by atoms with Gasteiger partial charge in [0.2, 0.25) is 5.13 Å². The zero-order chi connectivity index (χ0) is 25.7. The number of benzene rings is 4. The van der Waals surface area contributed by atoms with Gasteiger partial charge < -0.3 is 0 Å². The molecule has 0 spiro atoms. The molecule has 6 rings (SSSR count). The van der Waals surface area contributed by atoms with E-state index >= 15 is 0 Å². The van der Waals surface area contributed by atoms with Crippen LogP contribution >= 0.6 is 11.3 Å². The summed E-state index contributed by atoms with van der Waals surface area (Å²) in [5, 5.41) is 3.92. The molecule has 0 amide bonds. The molecule has 6 aromatic rings. The van der Waals surface area contributed by atoms with Crippen molar-refractivity contribution >= 4 is 27.8 Å². The van der Waals surface area contributed by atoms with Crippen molar-refractivity contribution in [2.75, 3.05) is 6.54 Å². The molecule has 0 aliphatic carbocycles. The Morgan fingerprint density at radius 2 is 1.42 bits per heavy atom. The highest BCUT2D eigenvalue weighted by Gasteiger charge is 2.18. The summed E-state index contributed by atoms with van der Waals surface area (Å²) < 4.78 is 2.57. The van der Waals surface area contributed by atoms with Gasteiger partial charge in [-0.15, -0.1) is 0 Å². The zero-order valence-electron chi connectivity index (χ0n) is 20.7. The van der Waals surface area contributed by atoms with Gasteiger partial charge in [-0.25, -0.2) is 4.98 Å². The molecule has 1 N–H and O–H groups in total. The van der Waals surface area contributed by atoms with Gasteiger partial charge in [0.25, 0.3) is 5.56 Å². The van der Waals surface area contributed by atoms with Crippen molar-refractivity contribution in [3.05, 3.63) is 142 Å². The van der Waals surface area contributed by atoms with Crippen LogP contribution in [0.25, 0.3) is 26.6 Å². The van der Waals surface area contributed by atoms with Crippen molar-refractivity contribution in [1.82, 2.24) is 14.8 Å². The maximum absolute atomic E-state index is 13.6. The van der Waals surface area contributed by atoms with Gasteiger partial charge in [0.05, 0.1) is 21.5 Å². The van der Waals surface area contributed by atoms with Crippen LogP contribution in [0.5, 0.6) is 0 Å². The van der Waals surface area contributed by atoms with E-state index in [0.717, 1.165) is 27.9 Å². The Kier molecular flexibility index (Phi) is 6.79. The molecule has 2 heterocycles. The molecule has 0 saturated carbocycles. The third-order valence-electron chi connectivity index (χ3n) is 6.63. The number of fused-ring (bicyclic) bond motifs is 1. The van der Waals surface area contributed by atoms with Crippen LogP contribution in [0.4, 0.5) is 0 Å². The van der Waals surface area contributed by atoms with E-state index in [4.69, 9.17) is 4.99 Å². The van der Waals surface area contributed by atoms with Crippen molar-refractivity contribution in [1.29, 1.82) is 0 Å². The Morgan fingerprint density at radius 1 is 0.816 bits per heavy atom. The predicted molar refractivity (Wildman–Crippen MR) is 157 cm³/mol. The predicted octanol–water partition coefficient (Wildman–Crippen LogP) is 7.08. The van der Waals surface area contributed by atoms with Crippen molar-refractivity contribution in [2.45, 2.75) is 12.3 Å². The average Bonchev–Trinajstić information content (AvgIpc) is 3.55. The van der Waals surface area contributed by atoms with E-state index in [0.29, 0.717) is 17.2 Å². The fourth-order valence-corrected chi connectivity index (χ4v) is 5.67. The molecule has 0 aliphatic heterocycles. The molecule has 0 bridgehead atoms. The summed E-state index contributed by atoms with van der Waals surface area (Å²) >= 11 is 1.49. The minimum Gasteiger partial charge on any atom is -0.292 e. The fraction of sp³-hybridized carbons (Fsp3) is 0.0938. The smallest absolute Gasteiger partial charge is 0.282 e. The Bertz CT molecular complexity index is 1660. The number of rotatable bonds is 8. The largest absolute Gasteiger partial charge is 0.292 e. The number of hydrogen-bond acceptors (Lipinski definition) is 4. The highest BCUT2D eigenvalue weighted by molar-refractivity contribution is 7.20. The lowest BCUT2D eigenvalue weighted by Gasteiger charge is -2.17. The molecule has 0 fully saturated rings. The molecule has 186 valence electrons. The molecule has 0 unspecified atom stereocenters. The van der Waals surface area contributed by atoms with E-state index in [2.05, 4.69) is 58.6 Å². The van der Waals surface area contributed by atoms with Crippen LogP contribution in [-0.2, 0) is 0 Å². The quantitative estimate of drug-likeness (QED) is 0.221. The second-order valence-corrected chi connectivity index (χ2v) is 10.1. The van der Waals surface area contributed by atoms with Gasteiger partial charge in [0.15, 0.2) is 0 Å². The summed E-state index contributed by atoms with van der Waals surface area (Å²) in [4.78, 5) is 23.1. The lowest BCUT2D eigenvalue weighted by Crippen LogP contribution is -2.17. The normalized spacial score (nSPS) is 11.6. The third-order valence-corrected chi connectivity index (χ3v) is 7.66. The second kappa shape index (κ2) is 10.8. The van der Waals surface area contributed by atoms with Gasteiger partial charge in [0.1, 0.15) is 0 Å². The fourth-order valence-electron chi connectivity index (χ4n) is 4.74. The first-order valence-corrected chi connectivity index (χ1v) is 13.5. The number of aliphatic imine (C=N–C) groups is 1. The van der Waals surface area contributed by atoms with E-state index < -0.39 is 0 Å². The topological polar surface area (TPSA) is 63.0 Å². The van der Waals surface area contributed by atoms with Crippen molar-refractivity contribution in [3.8, 4) is 16.4 Å². The molecular formula is C32H26N4OS. The van der Waals surface area contributed by atoms with Gasteiger partial charge >= 0.3 is 0 Å². The molecule has 6 heteroatoms. The highest BCUT2D eigenvalue weighted by Crippen LogP contribution is 2.28. The van der Waals surface area contributed by atoms with Crippen molar-refractivity contribution in [3.63, 3.8) is 0 Å². The lowest BCUT2D eigenvalue weighted by atomic mass is 9.89. The molecule has 38 heavy (non-hydrogen) atoms. The number of aromatic nitrogens is 3. The van der Waals surface area contributed by atoms with Gasteiger partial charge in [-0.1, -0.05) is 114 Å². The number of hydrogen-bond donors (Lipinski definition) is 1. The second-order valence-electron chi connectivity index (χ2n) is 9.07. The third kappa shape index (κ3) is 4.86. The van der Waals surface area contributed by atoms with Crippen LogP contribution in [0.15, 0.2) is 125 Å². The maximum Gasteiger partial charge on any atom is 0.282 e. The Hall–Kier alpha value is -4.55. The number of nitrogens with one attached hydrogen (secondary N) is 1. The zero-order valence-corrected chi connectivity index (χ0v) is 21.5. The Balaban J connectivity index is 1.32. The van der Waals surface area contributed by atoms with E-state index in [1.165, 1.54) is 27.1 Å². The number of para-hydroxylation sites is 1. The number of thiazole rings is 1. The molecule has 0 atom stereocenters. The van der Waals surface area contributed by atoms with E-state index in [-0.39, 0.29) is 11.5 Å². The first kappa shape index (κ1) is 23.8. The summed E-state index contributed by atoms with van der Waals surface area (Å²) in [6.07, 6.45) is 2.56. The standard InChI is InChI=1S/C32H26N4OS/c37-31-27(22-33-21-20-26(23-12-4-1-5-13-23)24-14-6-2-7-15-24)30(25-16-8-3-9-17-25)35-36(31)32-34-28-18-10-11-19-29(28)38-32/h1-19,22,26,35H,20-21H2. The summed E-state index contributed by atoms with van der Waals surface area (Å²) in [5.41, 5.74) is 5.44. The maximum atomic E-state index is 13.6.